The van der Waals surface area contributed by atoms with Crippen LogP contribution in [0.2, 0.25) is 0 Å². The predicted molar refractivity (Wildman–Crippen MR) is 83.9 cm³/mol. The Balaban J connectivity index is 1.90. The van der Waals surface area contributed by atoms with Gasteiger partial charge >= 0.3 is 0 Å². The first-order chi connectivity index (χ1) is 11.6. The molecular weight excluding hydrogens is 317 g/mol. The number of nitro benzene ring substituents is 1. The maximum absolute atomic E-state index is 13.5. The highest BCUT2D eigenvalue weighted by Crippen LogP contribution is 2.29. The summed E-state index contributed by atoms with van der Waals surface area (Å²) in [7, 11) is 0. The van der Waals surface area contributed by atoms with Crippen molar-refractivity contribution >= 4 is 17.6 Å². The van der Waals surface area contributed by atoms with Gasteiger partial charge < -0.3 is 0 Å². The van der Waals surface area contributed by atoms with E-state index in [4.69, 9.17) is 0 Å². The maximum atomic E-state index is 13.5. The minimum absolute atomic E-state index is 0.126. The van der Waals surface area contributed by atoms with E-state index in [9.17, 15) is 14.5 Å². The molecule has 0 aliphatic carbocycles. The molecule has 0 saturated heterocycles. The summed E-state index contributed by atoms with van der Waals surface area (Å²) in [5.74, 6) is -0.243. The average Bonchev–Trinajstić information content (AvgIpc) is 3.11. The van der Waals surface area contributed by atoms with Crippen LogP contribution in [0, 0.1) is 15.9 Å². The molecule has 0 bridgehead atoms. The molecule has 3 aromatic rings. The number of nitrogens with one attached hydrogen (secondary N) is 2. The third-order valence-electron chi connectivity index (χ3n) is 3.09. The van der Waals surface area contributed by atoms with Crippen LogP contribution in [0.3, 0.4) is 0 Å². The fraction of sp³-hybridized carbons (Fsp3) is 0. The monoisotopic (exact) mass is 327 g/mol. The number of rotatable bonds is 5. The average molecular weight is 327 g/mol. The van der Waals surface area contributed by atoms with Crippen LogP contribution in [-0.4, -0.2) is 31.8 Å². The van der Waals surface area contributed by atoms with E-state index in [1.807, 2.05) is 0 Å². The van der Waals surface area contributed by atoms with Gasteiger partial charge in [0.25, 0.3) is 5.69 Å². The van der Waals surface area contributed by atoms with Gasteiger partial charge in [0.1, 0.15) is 5.82 Å². The van der Waals surface area contributed by atoms with Gasteiger partial charge in [-0.25, -0.2) is 4.39 Å². The molecule has 2 N–H and O–H groups in total. The molecule has 0 atom stereocenters. The van der Waals surface area contributed by atoms with Crippen molar-refractivity contribution in [2.24, 2.45) is 5.10 Å². The molecule has 0 unspecified atom stereocenters. The number of tetrazole rings is 1. The lowest BCUT2D eigenvalue weighted by molar-refractivity contribution is -0.384. The number of benzene rings is 2. The molecule has 1 aromatic heterocycles. The maximum Gasteiger partial charge on any atom is 0.270 e. The van der Waals surface area contributed by atoms with Gasteiger partial charge in [0.05, 0.1) is 22.4 Å². The SMILES string of the molecule is O=[N+]([O-])c1ccc(N/N=C\c2ccccc2F)c(-c2nn[nH]n2)c1. The molecule has 1 heterocycles. The number of hydrazone groups is 1. The standard InChI is InChI=1S/C14H10FN7O2/c15-12-4-2-1-3-9(12)8-16-17-13-6-5-10(22(23)24)7-11(13)14-18-20-21-19-14/h1-8,17H,(H,18,19,20,21)/b16-8-. The second kappa shape index (κ2) is 6.60. The summed E-state index contributed by atoms with van der Waals surface area (Å²) in [6.07, 6.45) is 1.30. The molecule has 10 heteroatoms. The Bertz CT molecular complexity index is 896. The van der Waals surface area contributed by atoms with Crippen molar-refractivity contribution in [3.8, 4) is 11.4 Å². The fourth-order valence-electron chi connectivity index (χ4n) is 1.96. The first-order valence-electron chi connectivity index (χ1n) is 6.71. The van der Waals surface area contributed by atoms with Gasteiger partial charge in [0, 0.05) is 17.7 Å². The van der Waals surface area contributed by atoms with Crippen molar-refractivity contribution in [1.82, 2.24) is 20.6 Å². The molecule has 0 aliphatic heterocycles. The van der Waals surface area contributed by atoms with Gasteiger partial charge in [-0.15, -0.1) is 10.2 Å². The molecular formula is C14H10FN7O2. The largest absolute Gasteiger partial charge is 0.278 e. The number of halogens is 1. The zero-order valence-electron chi connectivity index (χ0n) is 12.0. The van der Waals surface area contributed by atoms with Gasteiger partial charge in [0.15, 0.2) is 0 Å². The van der Waals surface area contributed by atoms with Gasteiger partial charge in [-0.3, -0.25) is 15.5 Å². The summed E-state index contributed by atoms with van der Waals surface area (Å²) in [5, 5.41) is 28.2. The summed E-state index contributed by atoms with van der Waals surface area (Å²) in [5.41, 5.74) is 3.62. The quantitative estimate of drug-likeness (QED) is 0.421. The van der Waals surface area contributed by atoms with Crippen molar-refractivity contribution in [2.45, 2.75) is 0 Å². The van der Waals surface area contributed by atoms with E-state index in [1.165, 1.54) is 30.5 Å². The normalized spacial score (nSPS) is 10.9. The molecule has 24 heavy (non-hydrogen) atoms. The second-order valence-electron chi connectivity index (χ2n) is 4.61. The number of nitro groups is 1. The Morgan fingerprint density at radius 3 is 2.83 bits per heavy atom. The fourth-order valence-corrected chi connectivity index (χ4v) is 1.96. The predicted octanol–water partition coefficient (Wildman–Crippen LogP) is 2.36. The van der Waals surface area contributed by atoms with Crippen molar-refractivity contribution in [3.05, 3.63) is 64.0 Å². The number of anilines is 1. The number of aromatic amines is 1. The molecule has 2 aromatic carbocycles. The third-order valence-corrected chi connectivity index (χ3v) is 3.09. The van der Waals surface area contributed by atoms with E-state index < -0.39 is 10.7 Å². The van der Waals surface area contributed by atoms with Crippen LogP contribution in [0.15, 0.2) is 47.6 Å². The lowest BCUT2D eigenvalue weighted by atomic mass is 10.1. The third kappa shape index (κ3) is 3.21. The molecule has 3 rings (SSSR count). The van der Waals surface area contributed by atoms with Crippen molar-refractivity contribution in [3.63, 3.8) is 0 Å². The number of hydrogen-bond donors (Lipinski definition) is 2. The van der Waals surface area contributed by atoms with Crippen LogP contribution in [0.25, 0.3) is 11.4 Å². The molecule has 0 aliphatic rings. The lowest BCUT2D eigenvalue weighted by Gasteiger charge is -2.05. The van der Waals surface area contributed by atoms with Gasteiger partial charge in [-0.05, 0) is 17.3 Å². The van der Waals surface area contributed by atoms with Crippen molar-refractivity contribution in [1.29, 1.82) is 0 Å². The first-order valence-corrected chi connectivity index (χ1v) is 6.71. The van der Waals surface area contributed by atoms with E-state index >= 15 is 0 Å². The van der Waals surface area contributed by atoms with Gasteiger partial charge in [-0.1, -0.05) is 18.2 Å². The lowest BCUT2D eigenvalue weighted by Crippen LogP contribution is -1.97. The Kier molecular flexibility index (Phi) is 4.19. The highest BCUT2D eigenvalue weighted by molar-refractivity contribution is 5.82. The summed E-state index contributed by atoms with van der Waals surface area (Å²) < 4.78 is 13.5. The zero-order valence-corrected chi connectivity index (χ0v) is 12.0. The topological polar surface area (TPSA) is 122 Å². The molecule has 9 nitrogen and oxygen atoms in total. The van der Waals surface area contributed by atoms with Crippen LogP contribution >= 0.6 is 0 Å². The minimum atomic E-state index is -0.532. The van der Waals surface area contributed by atoms with Crippen LogP contribution in [0.4, 0.5) is 15.8 Å². The molecule has 120 valence electrons. The number of H-pyrrole nitrogens is 1. The van der Waals surface area contributed by atoms with Crippen LogP contribution in [0.5, 0.6) is 0 Å². The van der Waals surface area contributed by atoms with Gasteiger partial charge in [0.2, 0.25) is 5.82 Å². The number of hydrogen-bond acceptors (Lipinski definition) is 7. The molecule has 0 radical (unpaired) electrons. The van der Waals surface area contributed by atoms with E-state index in [0.29, 0.717) is 16.8 Å². The Morgan fingerprint density at radius 2 is 2.12 bits per heavy atom. The number of non-ortho nitro benzene ring substituents is 1. The van der Waals surface area contributed by atoms with E-state index in [2.05, 4.69) is 31.2 Å². The van der Waals surface area contributed by atoms with Crippen LogP contribution < -0.4 is 5.43 Å². The Hall–Kier alpha value is -3.69. The minimum Gasteiger partial charge on any atom is -0.278 e. The molecule has 0 spiro atoms. The van der Waals surface area contributed by atoms with E-state index in [1.54, 1.807) is 18.2 Å². The summed E-state index contributed by atoms with van der Waals surface area (Å²) in [6.45, 7) is 0. The van der Waals surface area contributed by atoms with E-state index in [0.717, 1.165) is 0 Å². The van der Waals surface area contributed by atoms with Crippen molar-refractivity contribution in [2.75, 3.05) is 5.43 Å². The zero-order chi connectivity index (χ0) is 16.9. The summed E-state index contributed by atoms with van der Waals surface area (Å²) in [4.78, 5) is 10.4. The number of aromatic nitrogens is 4. The Morgan fingerprint density at radius 1 is 1.29 bits per heavy atom. The van der Waals surface area contributed by atoms with Crippen LogP contribution in [-0.2, 0) is 0 Å². The summed E-state index contributed by atoms with van der Waals surface area (Å²) in [6, 6.07) is 10.2. The number of nitrogens with zero attached hydrogens (tertiary/aromatic N) is 5. The van der Waals surface area contributed by atoms with Crippen LogP contribution in [0.1, 0.15) is 5.56 Å². The highest BCUT2D eigenvalue weighted by atomic mass is 19.1. The van der Waals surface area contributed by atoms with Crippen molar-refractivity contribution < 1.29 is 9.31 Å². The summed E-state index contributed by atoms with van der Waals surface area (Å²) >= 11 is 0. The molecule has 0 fully saturated rings. The first kappa shape index (κ1) is 15.2. The highest BCUT2D eigenvalue weighted by Gasteiger charge is 2.15. The molecule has 0 amide bonds. The Labute approximate surface area is 134 Å². The smallest absolute Gasteiger partial charge is 0.270 e. The van der Waals surface area contributed by atoms with Gasteiger partial charge in [-0.2, -0.15) is 10.3 Å². The second-order valence-corrected chi connectivity index (χ2v) is 4.61. The molecule has 0 saturated carbocycles. The van der Waals surface area contributed by atoms with E-state index in [-0.39, 0.29) is 11.5 Å².